The zero-order chi connectivity index (χ0) is 22.8. The summed E-state index contributed by atoms with van der Waals surface area (Å²) in [7, 11) is 1.95. The maximum absolute atomic E-state index is 13.0. The topological polar surface area (TPSA) is 79.3 Å². The first-order chi connectivity index (χ1) is 15.5. The molecule has 1 unspecified atom stereocenters. The minimum absolute atomic E-state index is 0.104. The Bertz CT molecular complexity index is 1060. The van der Waals surface area contributed by atoms with Crippen molar-refractivity contribution in [2.45, 2.75) is 26.3 Å². The number of benzene rings is 2. The van der Waals surface area contributed by atoms with Gasteiger partial charge in [-0.2, -0.15) is 0 Å². The summed E-state index contributed by atoms with van der Waals surface area (Å²) in [6.45, 7) is 6.14. The number of hydrogen-bond acceptors (Lipinski definition) is 6. The van der Waals surface area contributed by atoms with Gasteiger partial charge in [0.1, 0.15) is 23.9 Å². The molecule has 4 rings (SSSR count). The van der Waals surface area contributed by atoms with Crippen LogP contribution in [0.4, 0.5) is 5.69 Å². The number of likely N-dealkylation sites (tertiary alicyclic amines) is 1. The Morgan fingerprint density at radius 1 is 1.16 bits per heavy atom. The summed E-state index contributed by atoms with van der Waals surface area (Å²) < 4.78 is 11.2. The summed E-state index contributed by atoms with van der Waals surface area (Å²) in [5, 5.41) is 11.2. The first-order valence-corrected chi connectivity index (χ1v) is 11.0. The van der Waals surface area contributed by atoms with Gasteiger partial charge in [0.05, 0.1) is 30.5 Å². The largest absolute Gasteiger partial charge is 0.507 e. The molecule has 1 amide bonds. The van der Waals surface area contributed by atoms with Gasteiger partial charge in [0.25, 0.3) is 11.7 Å². The number of Topliss-reactive ketones (excluding diaryl/α,β-unsaturated/α-hetero) is 1. The Morgan fingerprint density at radius 3 is 2.59 bits per heavy atom. The van der Waals surface area contributed by atoms with Crippen molar-refractivity contribution >= 4 is 23.1 Å². The fraction of sp³-hybridized carbons (Fsp3) is 0.360. The van der Waals surface area contributed by atoms with E-state index in [9.17, 15) is 14.7 Å². The number of fused-ring (bicyclic) bond motifs is 1. The number of amides is 1. The second kappa shape index (κ2) is 8.94. The molecule has 1 atom stereocenters. The molecule has 0 bridgehead atoms. The summed E-state index contributed by atoms with van der Waals surface area (Å²) in [5.74, 6) is -0.00307. The number of aliphatic hydroxyl groups excluding tert-OH is 1. The lowest BCUT2D eigenvalue weighted by Gasteiger charge is -2.28. The molecule has 1 fully saturated rings. The van der Waals surface area contributed by atoms with Crippen LogP contribution in [-0.2, 0) is 9.59 Å². The van der Waals surface area contributed by atoms with Crippen molar-refractivity contribution < 1.29 is 24.2 Å². The number of carbonyl (C=O) groups excluding carboxylic acids is 2. The van der Waals surface area contributed by atoms with Gasteiger partial charge in [0.2, 0.25) is 0 Å². The SMILES string of the molecule is CCCN1C(=O)C(=O)/C(=C(\O)c2ccc3c(c2)N(C)CCO3)C1c1ccc(OCC)cc1. The van der Waals surface area contributed by atoms with Crippen LogP contribution in [0.15, 0.2) is 48.0 Å². The quantitative estimate of drug-likeness (QED) is 0.422. The first-order valence-electron chi connectivity index (χ1n) is 11.0. The minimum Gasteiger partial charge on any atom is -0.507 e. The molecule has 2 aliphatic heterocycles. The van der Waals surface area contributed by atoms with E-state index in [1.165, 1.54) is 4.90 Å². The van der Waals surface area contributed by atoms with E-state index in [2.05, 4.69) is 0 Å². The van der Waals surface area contributed by atoms with Crippen LogP contribution in [0.5, 0.6) is 11.5 Å². The number of aliphatic hydroxyl groups is 1. The monoisotopic (exact) mass is 436 g/mol. The van der Waals surface area contributed by atoms with Gasteiger partial charge in [0.15, 0.2) is 0 Å². The zero-order valence-electron chi connectivity index (χ0n) is 18.6. The third-order valence-electron chi connectivity index (χ3n) is 5.84. The van der Waals surface area contributed by atoms with Crippen LogP contribution in [0.2, 0.25) is 0 Å². The predicted octanol–water partition coefficient (Wildman–Crippen LogP) is 3.75. The van der Waals surface area contributed by atoms with Gasteiger partial charge < -0.3 is 24.4 Å². The second-order valence-corrected chi connectivity index (χ2v) is 7.95. The lowest BCUT2D eigenvalue weighted by molar-refractivity contribution is -0.139. The maximum Gasteiger partial charge on any atom is 0.295 e. The molecule has 2 aliphatic rings. The maximum atomic E-state index is 13.0. The highest BCUT2D eigenvalue weighted by Crippen LogP contribution is 2.41. The van der Waals surface area contributed by atoms with Crippen molar-refractivity contribution in [1.29, 1.82) is 0 Å². The van der Waals surface area contributed by atoms with Crippen LogP contribution < -0.4 is 14.4 Å². The number of likely N-dealkylation sites (N-methyl/N-ethyl adjacent to an activating group) is 1. The molecule has 1 N–H and O–H groups in total. The van der Waals surface area contributed by atoms with Crippen molar-refractivity contribution in [1.82, 2.24) is 4.90 Å². The van der Waals surface area contributed by atoms with E-state index in [0.717, 1.165) is 23.5 Å². The van der Waals surface area contributed by atoms with E-state index in [-0.39, 0.29) is 11.3 Å². The lowest BCUT2D eigenvalue weighted by Crippen LogP contribution is -2.30. The van der Waals surface area contributed by atoms with Crippen LogP contribution in [0, 0.1) is 0 Å². The summed E-state index contributed by atoms with van der Waals surface area (Å²) in [5.41, 5.74) is 2.17. The molecule has 7 heteroatoms. The molecule has 1 saturated heterocycles. The molecular formula is C25H28N2O5. The third-order valence-corrected chi connectivity index (χ3v) is 5.84. The van der Waals surface area contributed by atoms with E-state index in [0.29, 0.717) is 37.5 Å². The van der Waals surface area contributed by atoms with Crippen LogP contribution in [0.25, 0.3) is 5.76 Å². The molecule has 2 aromatic rings. The number of carbonyl (C=O) groups is 2. The van der Waals surface area contributed by atoms with Gasteiger partial charge in [-0.15, -0.1) is 0 Å². The number of hydrogen-bond donors (Lipinski definition) is 1. The molecular weight excluding hydrogens is 408 g/mol. The van der Waals surface area contributed by atoms with Gasteiger partial charge in [-0.25, -0.2) is 0 Å². The van der Waals surface area contributed by atoms with E-state index in [4.69, 9.17) is 9.47 Å². The van der Waals surface area contributed by atoms with Gasteiger partial charge in [-0.1, -0.05) is 19.1 Å². The zero-order valence-corrected chi connectivity index (χ0v) is 18.6. The first kappa shape index (κ1) is 21.7. The van der Waals surface area contributed by atoms with E-state index in [1.54, 1.807) is 18.2 Å². The highest BCUT2D eigenvalue weighted by molar-refractivity contribution is 6.46. The van der Waals surface area contributed by atoms with Crippen LogP contribution in [0.1, 0.15) is 37.4 Å². The molecule has 7 nitrogen and oxygen atoms in total. The molecule has 0 spiro atoms. The van der Waals surface area contributed by atoms with E-state index < -0.39 is 17.7 Å². The summed E-state index contributed by atoms with van der Waals surface area (Å²) in [4.78, 5) is 29.5. The Hall–Kier alpha value is -3.48. The summed E-state index contributed by atoms with van der Waals surface area (Å²) >= 11 is 0. The van der Waals surface area contributed by atoms with Crippen molar-refractivity contribution in [2.24, 2.45) is 0 Å². The van der Waals surface area contributed by atoms with Crippen LogP contribution in [0.3, 0.4) is 0 Å². The molecule has 0 aliphatic carbocycles. The predicted molar refractivity (Wildman–Crippen MR) is 122 cm³/mol. The normalized spacial score (nSPS) is 19.7. The molecule has 32 heavy (non-hydrogen) atoms. The summed E-state index contributed by atoms with van der Waals surface area (Å²) in [6, 6.07) is 12.0. The van der Waals surface area contributed by atoms with Crippen LogP contribution >= 0.6 is 0 Å². The molecule has 168 valence electrons. The number of ketones is 1. The Morgan fingerprint density at radius 2 is 1.91 bits per heavy atom. The number of nitrogens with zero attached hydrogens (tertiary/aromatic N) is 2. The van der Waals surface area contributed by atoms with Crippen molar-refractivity contribution in [3.63, 3.8) is 0 Å². The molecule has 0 saturated carbocycles. The van der Waals surface area contributed by atoms with Gasteiger partial charge in [-0.3, -0.25) is 9.59 Å². The lowest BCUT2D eigenvalue weighted by atomic mass is 9.95. The Kier molecular flexibility index (Phi) is 6.08. The Balaban J connectivity index is 1.82. The minimum atomic E-state index is -0.669. The average molecular weight is 437 g/mol. The molecule has 0 aromatic heterocycles. The number of anilines is 1. The van der Waals surface area contributed by atoms with E-state index >= 15 is 0 Å². The van der Waals surface area contributed by atoms with Gasteiger partial charge in [0, 0.05) is 19.2 Å². The molecule has 2 heterocycles. The van der Waals surface area contributed by atoms with Crippen LogP contribution in [-0.4, -0.2) is 55.0 Å². The third kappa shape index (κ3) is 3.79. The summed E-state index contributed by atoms with van der Waals surface area (Å²) in [6.07, 6.45) is 0.696. The smallest absolute Gasteiger partial charge is 0.295 e. The fourth-order valence-corrected chi connectivity index (χ4v) is 4.26. The van der Waals surface area contributed by atoms with E-state index in [1.807, 2.05) is 50.1 Å². The molecule has 2 aromatic carbocycles. The molecule has 0 radical (unpaired) electrons. The van der Waals surface area contributed by atoms with Crippen molar-refractivity contribution in [3.8, 4) is 11.5 Å². The second-order valence-electron chi connectivity index (χ2n) is 7.95. The van der Waals surface area contributed by atoms with Crippen molar-refractivity contribution in [2.75, 3.05) is 38.3 Å². The number of ether oxygens (including phenoxy) is 2. The highest BCUT2D eigenvalue weighted by atomic mass is 16.5. The number of rotatable bonds is 6. The average Bonchev–Trinajstić information content (AvgIpc) is 3.05. The fourth-order valence-electron chi connectivity index (χ4n) is 4.26. The van der Waals surface area contributed by atoms with Gasteiger partial charge >= 0.3 is 0 Å². The standard InChI is InChI=1S/C25H28N2O5/c1-4-12-27-22(16-6-9-18(10-7-16)31-5-2)21(24(29)25(27)30)23(28)17-8-11-20-19(15-17)26(3)13-14-32-20/h6-11,15,22,28H,4-5,12-14H2,1-3H3/b23-21-. The van der Waals surface area contributed by atoms with Crippen molar-refractivity contribution in [3.05, 3.63) is 59.2 Å². The highest BCUT2D eigenvalue weighted by Gasteiger charge is 2.45. The Labute approximate surface area is 187 Å². The van der Waals surface area contributed by atoms with Gasteiger partial charge in [-0.05, 0) is 49.2 Å².